The van der Waals surface area contributed by atoms with Crippen molar-refractivity contribution >= 4 is 0 Å². The van der Waals surface area contributed by atoms with E-state index in [4.69, 9.17) is 10.5 Å². The highest BCUT2D eigenvalue weighted by Gasteiger charge is 2.33. The molecule has 1 aromatic rings. The first-order chi connectivity index (χ1) is 7.76. The fourth-order valence-corrected chi connectivity index (χ4v) is 2.32. The molecular weight excluding hydrogens is 200 g/mol. The van der Waals surface area contributed by atoms with Gasteiger partial charge in [0.25, 0.3) is 0 Å². The van der Waals surface area contributed by atoms with E-state index in [9.17, 15) is 0 Å². The second-order valence-corrected chi connectivity index (χ2v) is 4.65. The van der Waals surface area contributed by atoms with Crippen LogP contribution in [-0.2, 0) is 11.3 Å². The largest absolute Gasteiger partial charge is 0.367 e. The van der Waals surface area contributed by atoms with Gasteiger partial charge in [-0.05, 0) is 31.4 Å². The summed E-state index contributed by atoms with van der Waals surface area (Å²) in [5.41, 5.74) is 7.96. The summed E-state index contributed by atoms with van der Waals surface area (Å²) in [4.78, 5) is 4.34. The number of nitrogens with two attached hydrogens (primary N) is 1. The van der Waals surface area contributed by atoms with E-state index in [2.05, 4.69) is 18.0 Å². The number of aryl methyl sites for hydroxylation is 1. The van der Waals surface area contributed by atoms with Crippen LogP contribution in [0.15, 0.2) is 18.3 Å². The minimum atomic E-state index is -0.0794. The SMILES string of the molecule is Cc1cccnc1COC1(CN)CCCC1. The molecule has 16 heavy (non-hydrogen) atoms. The average molecular weight is 220 g/mol. The Bertz CT molecular complexity index is 346. The molecule has 1 fully saturated rings. The van der Waals surface area contributed by atoms with E-state index in [1.807, 2.05) is 12.3 Å². The number of hydrogen-bond acceptors (Lipinski definition) is 3. The molecule has 2 N–H and O–H groups in total. The molecule has 0 saturated heterocycles. The zero-order valence-corrected chi connectivity index (χ0v) is 9.91. The van der Waals surface area contributed by atoms with Crippen molar-refractivity contribution in [3.63, 3.8) is 0 Å². The lowest BCUT2D eigenvalue weighted by atomic mass is 10.0. The third kappa shape index (κ3) is 2.42. The van der Waals surface area contributed by atoms with E-state index in [1.54, 1.807) is 0 Å². The van der Waals surface area contributed by atoms with E-state index < -0.39 is 0 Å². The maximum Gasteiger partial charge on any atom is 0.0898 e. The van der Waals surface area contributed by atoms with Gasteiger partial charge in [0.05, 0.1) is 17.9 Å². The molecule has 0 aromatic carbocycles. The summed E-state index contributed by atoms with van der Waals surface area (Å²) < 4.78 is 6.02. The standard InChI is InChI=1S/C13H20N2O/c1-11-5-4-8-15-12(11)9-16-13(10-14)6-2-3-7-13/h4-5,8H,2-3,6-7,9-10,14H2,1H3. The normalized spacial score (nSPS) is 18.9. The number of ether oxygens (including phenoxy) is 1. The highest BCUT2D eigenvalue weighted by Crippen LogP contribution is 2.33. The van der Waals surface area contributed by atoms with Gasteiger partial charge in [0.15, 0.2) is 0 Å². The van der Waals surface area contributed by atoms with Crippen molar-refractivity contribution < 1.29 is 4.74 Å². The molecule has 0 unspecified atom stereocenters. The summed E-state index contributed by atoms with van der Waals surface area (Å²) in [5, 5.41) is 0. The van der Waals surface area contributed by atoms with Crippen molar-refractivity contribution in [2.75, 3.05) is 6.54 Å². The number of aromatic nitrogens is 1. The van der Waals surface area contributed by atoms with Crippen LogP contribution in [0.5, 0.6) is 0 Å². The smallest absolute Gasteiger partial charge is 0.0898 e. The Kier molecular flexibility index (Phi) is 3.56. The number of nitrogens with zero attached hydrogens (tertiary/aromatic N) is 1. The molecule has 88 valence electrons. The first-order valence-electron chi connectivity index (χ1n) is 6.00. The van der Waals surface area contributed by atoms with Crippen molar-refractivity contribution in [1.29, 1.82) is 0 Å². The molecule has 1 aliphatic rings. The Morgan fingerprint density at radius 3 is 2.81 bits per heavy atom. The van der Waals surface area contributed by atoms with Gasteiger partial charge < -0.3 is 10.5 Å². The summed E-state index contributed by atoms with van der Waals surface area (Å²) in [6.45, 7) is 3.28. The molecule has 0 radical (unpaired) electrons. The molecule has 1 aliphatic carbocycles. The molecule has 0 spiro atoms. The molecule has 1 aromatic heterocycles. The van der Waals surface area contributed by atoms with E-state index in [1.165, 1.54) is 18.4 Å². The average Bonchev–Trinajstić information content (AvgIpc) is 2.78. The summed E-state index contributed by atoms with van der Waals surface area (Å²) >= 11 is 0. The van der Waals surface area contributed by atoms with Crippen LogP contribution in [0, 0.1) is 6.92 Å². The third-order valence-corrected chi connectivity index (χ3v) is 3.52. The molecule has 0 bridgehead atoms. The van der Waals surface area contributed by atoms with Crippen LogP contribution in [-0.4, -0.2) is 17.1 Å². The fraction of sp³-hybridized carbons (Fsp3) is 0.615. The fourth-order valence-electron chi connectivity index (χ4n) is 2.32. The van der Waals surface area contributed by atoms with Crippen LogP contribution in [0.25, 0.3) is 0 Å². The molecule has 0 amide bonds. The lowest BCUT2D eigenvalue weighted by Gasteiger charge is -2.27. The molecule has 1 saturated carbocycles. The van der Waals surface area contributed by atoms with Gasteiger partial charge in [-0.2, -0.15) is 0 Å². The first-order valence-corrected chi connectivity index (χ1v) is 6.00. The Hall–Kier alpha value is -0.930. The topological polar surface area (TPSA) is 48.1 Å². The summed E-state index contributed by atoms with van der Waals surface area (Å²) in [6, 6.07) is 4.02. The maximum absolute atomic E-state index is 6.02. The lowest BCUT2D eigenvalue weighted by Crippen LogP contribution is -2.37. The van der Waals surface area contributed by atoms with Crippen LogP contribution < -0.4 is 5.73 Å². The highest BCUT2D eigenvalue weighted by atomic mass is 16.5. The summed E-state index contributed by atoms with van der Waals surface area (Å²) in [7, 11) is 0. The Morgan fingerprint density at radius 1 is 1.44 bits per heavy atom. The zero-order chi connectivity index (χ0) is 11.4. The van der Waals surface area contributed by atoms with Crippen molar-refractivity contribution in [2.24, 2.45) is 5.73 Å². The van der Waals surface area contributed by atoms with E-state index in [0.29, 0.717) is 13.2 Å². The van der Waals surface area contributed by atoms with Crippen LogP contribution >= 0.6 is 0 Å². The third-order valence-electron chi connectivity index (χ3n) is 3.52. The Balaban J connectivity index is 1.98. The number of hydrogen-bond donors (Lipinski definition) is 1. The van der Waals surface area contributed by atoms with Gasteiger partial charge in [-0.3, -0.25) is 4.98 Å². The Morgan fingerprint density at radius 2 is 2.19 bits per heavy atom. The van der Waals surface area contributed by atoms with Gasteiger partial charge in [0.2, 0.25) is 0 Å². The van der Waals surface area contributed by atoms with Gasteiger partial charge >= 0.3 is 0 Å². The monoisotopic (exact) mass is 220 g/mol. The van der Waals surface area contributed by atoms with Gasteiger partial charge in [-0.1, -0.05) is 18.9 Å². The van der Waals surface area contributed by atoms with E-state index >= 15 is 0 Å². The van der Waals surface area contributed by atoms with Crippen molar-refractivity contribution in [2.45, 2.75) is 44.8 Å². The summed E-state index contributed by atoms with van der Waals surface area (Å²) in [6.07, 6.45) is 6.47. The predicted molar refractivity (Wildman–Crippen MR) is 64.0 cm³/mol. The lowest BCUT2D eigenvalue weighted by molar-refractivity contribution is -0.0463. The molecule has 3 heteroatoms. The molecule has 0 aliphatic heterocycles. The molecule has 2 rings (SSSR count). The second-order valence-electron chi connectivity index (χ2n) is 4.65. The summed E-state index contributed by atoms with van der Waals surface area (Å²) in [5.74, 6) is 0. The van der Waals surface area contributed by atoms with Crippen LogP contribution in [0.3, 0.4) is 0 Å². The Labute approximate surface area is 97.0 Å². The minimum absolute atomic E-state index is 0.0794. The highest BCUT2D eigenvalue weighted by molar-refractivity contribution is 5.16. The van der Waals surface area contributed by atoms with Gasteiger partial charge in [0, 0.05) is 12.7 Å². The van der Waals surface area contributed by atoms with Crippen LogP contribution in [0.1, 0.15) is 36.9 Å². The minimum Gasteiger partial charge on any atom is -0.367 e. The van der Waals surface area contributed by atoms with Crippen LogP contribution in [0.2, 0.25) is 0 Å². The first kappa shape index (κ1) is 11.6. The molecule has 1 heterocycles. The molecule has 0 atom stereocenters. The van der Waals surface area contributed by atoms with Crippen molar-refractivity contribution in [3.05, 3.63) is 29.6 Å². The second kappa shape index (κ2) is 4.93. The van der Waals surface area contributed by atoms with Gasteiger partial charge in [0.1, 0.15) is 0 Å². The number of rotatable bonds is 4. The number of pyridine rings is 1. The predicted octanol–water partition coefficient (Wildman–Crippen LogP) is 2.18. The molecule has 3 nitrogen and oxygen atoms in total. The molecular formula is C13H20N2O. The van der Waals surface area contributed by atoms with E-state index in [0.717, 1.165) is 18.5 Å². The van der Waals surface area contributed by atoms with E-state index in [-0.39, 0.29) is 5.60 Å². The van der Waals surface area contributed by atoms with Crippen LogP contribution in [0.4, 0.5) is 0 Å². The zero-order valence-electron chi connectivity index (χ0n) is 9.91. The maximum atomic E-state index is 6.02. The van der Waals surface area contributed by atoms with Gasteiger partial charge in [-0.15, -0.1) is 0 Å². The van der Waals surface area contributed by atoms with Crippen molar-refractivity contribution in [1.82, 2.24) is 4.98 Å². The van der Waals surface area contributed by atoms with Crippen molar-refractivity contribution in [3.8, 4) is 0 Å². The van der Waals surface area contributed by atoms with Gasteiger partial charge in [-0.25, -0.2) is 0 Å². The quantitative estimate of drug-likeness (QED) is 0.846.